The molecule has 1 unspecified atom stereocenters. The average Bonchev–Trinajstić information content (AvgIpc) is 2.06. The average molecular weight is 155 g/mol. The van der Waals surface area contributed by atoms with E-state index in [2.05, 4.69) is 30.3 Å². The van der Waals surface area contributed by atoms with Crippen molar-refractivity contribution in [2.75, 3.05) is 27.2 Å². The Morgan fingerprint density at radius 1 is 1.64 bits per heavy atom. The van der Waals surface area contributed by atoms with Crippen LogP contribution in [0.1, 0.15) is 13.3 Å². The number of nitrogens with one attached hydrogen (secondary N) is 1. The Hall–Kier alpha value is -0.590. The zero-order chi connectivity index (χ0) is 8.69. The van der Waals surface area contributed by atoms with Crippen LogP contribution in [0, 0.1) is 11.3 Å². The Labute approximate surface area is 69.0 Å². The highest BCUT2D eigenvalue weighted by molar-refractivity contribution is 4.88. The van der Waals surface area contributed by atoms with Crippen molar-refractivity contribution in [3.63, 3.8) is 0 Å². The number of nitriles is 1. The lowest BCUT2D eigenvalue weighted by Gasteiger charge is -2.15. The van der Waals surface area contributed by atoms with Crippen LogP contribution in [0.25, 0.3) is 0 Å². The van der Waals surface area contributed by atoms with E-state index in [9.17, 15) is 0 Å². The molecule has 0 rings (SSSR count). The molecule has 0 aromatic heterocycles. The summed E-state index contributed by atoms with van der Waals surface area (Å²) in [7, 11) is 3.88. The summed E-state index contributed by atoms with van der Waals surface area (Å²) in [4.78, 5) is 2.20. The van der Waals surface area contributed by atoms with E-state index in [4.69, 9.17) is 5.26 Å². The van der Waals surface area contributed by atoms with Gasteiger partial charge < -0.3 is 10.2 Å². The minimum absolute atomic E-state index is 0.00370. The van der Waals surface area contributed by atoms with Crippen molar-refractivity contribution in [3.05, 3.63) is 0 Å². The van der Waals surface area contributed by atoms with Gasteiger partial charge in [-0.05, 0) is 27.1 Å². The molecule has 0 aromatic rings. The quantitative estimate of drug-likeness (QED) is 0.626. The van der Waals surface area contributed by atoms with Crippen LogP contribution in [0.2, 0.25) is 0 Å². The van der Waals surface area contributed by atoms with Crippen LogP contribution < -0.4 is 5.32 Å². The van der Waals surface area contributed by atoms with Gasteiger partial charge in [-0.25, -0.2) is 0 Å². The van der Waals surface area contributed by atoms with Crippen molar-refractivity contribution in [3.8, 4) is 6.07 Å². The normalized spacial score (nSPS) is 13.0. The van der Waals surface area contributed by atoms with Crippen LogP contribution in [0.3, 0.4) is 0 Å². The Bertz CT molecular complexity index is 128. The van der Waals surface area contributed by atoms with Crippen molar-refractivity contribution in [2.45, 2.75) is 19.4 Å². The molecule has 0 aliphatic heterocycles. The summed E-state index contributed by atoms with van der Waals surface area (Å²) in [6, 6.07) is 2.20. The largest absolute Gasteiger partial charge is 0.307 e. The number of nitrogens with zero attached hydrogens (tertiary/aromatic N) is 2. The molecule has 0 aromatic carbocycles. The van der Waals surface area contributed by atoms with Gasteiger partial charge in [0, 0.05) is 6.54 Å². The van der Waals surface area contributed by atoms with Gasteiger partial charge in [0.1, 0.15) is 0 Å². The Balaban J connectivity index is 3.44. The van der Waals surface area contributed by atoms with E-state index in [1.54, 1.807) is 0 Å². The Morgan fingerprint density at radius 2 is 2.27 bits per heavy atom. The van der Waals surface area contributed by atoms with Crippen LogP contribution in [0.15, 0.2) is 0 Å². The molecule has 0 radical (unpaired) electrons. The highest BCUT2D eigenvalue weighted by Gasteiger charge is 2.03. The van der Waals surface area contributed by atoms with Gasteiger partial charge in [-0.2, -0.15) is 5.26 Å². The SMILES string of the molecule is CCN(C)CCC(C#N)NC. The lowest BCUT2D eigenvalue weighted by molar-refractivity contribution is 0.336. The van der Waals surface area contributed by atoms with E-state index in [0.29, 0.717) is 0 Å². The molecule has 0 bridgehead atoms. The highest BCUT2D eigenvalue weighted by Crippen LogP contribution is 1.91. The molecule has 0 amide bonds. The molecule has 64 valence electrons. The lowest BCUT2D eigenvalue weighted by atomic mass is 10.2. The number of rotatable bonds is 5. The minimum Gasteiger partial charge on any atom is -0.307 e. The van der Waals surface area contributed by atoms with Crippen molar-refractivity contribution >= 4 is 0 Å². The first-order valence-corrected chi connectivity index (χ1v) is 4.00. The van der Waals surface area contributed by atoms with Crippen LogP contribution in [0.5, 0.6) is 0 Å². The molecular formula is C8H17N3. The Morgan fingerprint density at radius 3 is 2.64 bits per heavy atom. The summed E-state index contributed by atoms with van der Waals surface area (Å²) in [5.74, 6) is 0. The van der Waals surface area contributed by atoms with E-state index in [1.165, 1.54) is 0 Å². The molecule has 1 atom stereocenters. The molecule has 1 N–H and O–H groups in total. The first kappa shape index (κ1) is 10.4. The molecule has 3 nitrogen and oxygen atoms in total. The third kappa shape index (κ3) is 4.77. The smallest absolute Gasteiger partial charge is 0.0962 e. The zero-order valence-electron chi connectivity index (χ0n) is 7.59. The molecule has 0 heterocycles. The molecule has 0 saturated heterocycles. The van der Waals surface area contributed by atoms with Crippen LogP contribution in [-0.4, -0.2) is 38.1 Å². The summed E-state index contributed by atoms with van der Waals surface area (Å²) in [6.45, 7) is 4.14. The monoisotopic (exact) mass is 155 g/mol. The van der Waals surface area contributed by atoms with E-state index < -0.39 is 0 Å². The minimum atomic E-state index is 0.00370. The second-order valence-electron chi connectivity index (χ2n) is 2.65. The number of hydrogen-bond donors (Lipinski definition) is 1. The first-order valence-electron chi connectivity index (χ1n) is 4.00. The maximum atomic E-state index is 8.58. The maximum Gasteiger partial charge on any atom is 0.0962 e. The van der Waals surface area contributed by atoms with E-state index in [-0.39, 0.29) is 6.04 Å². The topological polar surface area (TPSA) is 39.1 Å². The van der Waals surface area contributed by atoms with Gasteiger partial charge in [-0.15, -0.1) is 0 Å². The summed E-state index contributed by atoms with van der Waals surface area (Å²) in [5, 5.41) is 11.5. The maximum absolute atomic E-state index is 8.58. The van der Waals surface area contributed by atoms with Crippen LogP contribution >= 0.6 is 0 Å². The highest BCUT2D eigenvalue weighted by atomic mass is 15.1. The summed E-state index contributed by atoms with van der Waals surface area (Å²) < 4.78 is 0. The predicted octanol–water partition coefficient (Wildman–Crippen LogP) is 0.440. The third-order valence-corrected chi connectivity index (χ3v) is 1.84. The predicted molar refractivity (Wildman–Crippen MR) is 46.2 cm³/mol. The van der Waals surface area contributed by atoms with Gasteiger partial charge in [0.15, 0.2) is 0 Å². The summed E-state index contributed by atoms with van der Waals surface area (Å²) >= 11 is 0. The third-order valence-electron chi connectivity index (χ3n) is 1.84. The van der Waals surface area contributed by atoms with Crippen molar-refractivity contribution in [1.29, 1.82) is 5.26 Å². The summed E-state index contributed by atoms with van der Waals surface area (Å²) in [6.07, 6.45) is 0.900. The molecule has 0 spiro atoms. The van der Waals surface area contributed by atoms with Gasteiger partial charge >= 0.3 is 0 Å². The second-order valence-corrected chi connectivity index (χ2v) is 2.65. The molecule has 0 aliphatic carbocycles. The zero-order valence-corrected chi connectivity index (χ0v) is 7.59. The standard InChI is InChI=1S/C8H17N3/c1-4-11(3)6-5-8(7-9)10-2/h8,10H,4-6H2,1-3H3. The van der Waals surface area contributed by atoms with E-state index in [0.717, 1.165) is 19.5 Å². The van der Waals surface area contributed by atoms with Crippen molar-refractivity contribution in [2.24, 2.45) is 0 Å². The Kier molecular flexibility index (Phi) is 5.81. The molecule has 0 aliphatic rings. The van der Waals surface area contributed by atoms with Gasteiger partial charge in [0.05, 0.1) is 12.1 Å². The fourth-order valence-corrected chi connectivity index (χ4v) is 0.781. The van der Waals surface area contributed by atoms with E-state index in [1.807, 2.05) is 7.05 Å². The molecule has 11 heavy (non-hydrogen) atoms. The van der Waals surface area contributed by atoms with E-state index >= 15 is 0 Å². The summed E-state index contributed by atoms with van der Waals surface area (Å²) in [5.41, 5.74) is 0. The first-order chi connectivity index (χ1) is 5.24. The fourth-order valence-electron chi connectivity index (χ4n) is 0.781. The van der Waals surface area contributed by atoms with Gasteiger partial charge in [-0.1, -0.05) is 6.92 Å². The van der Waals surface area contributed by atoms with Crippen molar-refractivity contribution in [1.82, 2.24) is 10.2 Å². The number of hydrogen-bond acceptors (Lipinski definition) is 3. The van der Waals surface area contributed by atoms with Crippen LogP contribution in [-0.2, 0) is 0 Å². The molecule has 0 fully saturated rings. The van der Waals surface area contributed by atoms with Gasteiger partial charge in [0.2, 0.25) is 0 Å². The second kappa shape index (κ2) is 6.14. The van der Waals surface area contributed by atoms with Crippen molar-refractivity contribution < 1.29 is 0 Å². The molecule has 3 heteroatoms. The molecule has 0 saturated carbocycles. The van der Waals surface area contributed by atoms with Gasteiger partial charge in [0.25, 0.3) is 0 Å². The van der Waals surface area contributed by atoms with Gasteiger partial charge in [-0.3, -0.25) is 0 Å². The lowest BCUT2D eigenvalue weighted by Crippen LogP contribution is -2.29. The van der Waals surface area contributed by atoms with Crippen LogP contribution in [0.4, 0.5) is 0 Å². The molecular weight excluding hydrogens is 138 g/mol. The fraction of sp³-hybridized carbons (Fsp3) is 0.875.